The van der Waals surface area contributed by atoms with Crippen LogP contribution in [0, 0.1) is 0 Å². The quantitative estimate of drug-likeness (QED) is 0.832. The SMILES string of the molecule is NC(=O)c1ccc(N2CCC(n3ccc(N)n3)CC2)nn1. The Morgan fingerprint density at radius 1 is 1.19 bits per heavy atom. The van der Waals surface area contributed by atoms with Crippen LogP contribution in [0.15, 0.2) is 24.4 Å². The first-order chi connectivity index (χ1) is 10.1. The molecule has 8 heteroatoms. The highest BCUT2D eigenvalue weighted by molar-refractivity contribution is 5.90. The highest BCUT2D eigenvalue weighted by Gasteiger charge is 2.22. The van der Waals surface area contributed by atoms with Crippen molar-refractivity contribution in [3.63, 3.8) is 0 Å². The van der Waals surface area contributed by atoms with Crippen LogP contribution in [0.4, 0.5) is 11.6 Å². The number of rotatable bonds is 3. The number of carbonyl (C=O) groups is 1. The Hall–Kier alpha value is -2.64. The number of anilines is 2. The topological polar surface area (TPSA) is 116 Å². The van der Waals surface area contributed by atoms with E-state index in [0.717, 1.165) is 31.7 Å². The minimum atomic E-state index is -0.566. The summed E-state index contributed by atoms with van der Waals surface area (Å²) < 4.78 is 1.93. The van der Waals surface area contributed by atoms with E-state index < -0.39 is 5.91 Å². The first-order valence-corrected chi connectivity index (χ1v) is 6.82. The number of carbonyl (C=O) groups excluding carboxylic acids is 1. The van der Waals surface area contributed by atoms with Gasteiger partial charge < -0.3 is 16.4 Å². The van der Waals surface area contributed by atoms with Gasteiger partial charge in [-0.2, -0.15) is 5.10 Å². The Kier molecular flexibility index (Phi) is 3.43. The van der Waals surface area contributed by atoms with Crippen molar-refractivity contribution in [1.29, 1.82) is 0 Å². The maximum atomic E-state index is 11.0. The van der Waals surface area contributed by atoms with Gasteiger partial charge in [-0.25, -0.2) is 0 Å². The third-order valence-corrected chi connectivity index (χ3v) is 3.69. The van der Waals surface area contributed by atoms with Crippen LogP contribution < -0.4 is 16.4 Å². The molecule has 0 spiro atoms. The van der Waals surface area contributed by atoms with Crippen molar-refractivity contribution in [1.82, 2.24) is 20.0 Å². The van der Waals surface area contributed by atoms with Gasteiger partial charge in [0.15, 0.2) is 11.5 Å². The molecule has 0 atom stereocenters. The summed E-state index contributed by atoms with van der Waals surface area (Å²) in [5.41, 5.74) is 11.0. The van der Waals surface area contributed by atoms with Crippen molar-refractivity contribution in [2.24, 2.45) is 5.73 Å². The molecule has 0 aromatic carbocycles. The van der Waals surface area contributed by atoms with Gasteiger partial charge in [0.05, 0.1) is 6.04 Å². The van der Waals surface area contributed by atoms with Crippen LogP contribution in [-0.2, 0) is 0 Å². The minimum Gasteiger partial charge on any atom is -0.382 e. The smallest absolute Gasteiger partial charge is 0.269 e. The molecule has 0 saturated carbocycles. The summed E-state index contributed by atoms with van der Waals surface area (Å²) in [6, 6.07) is 5.54. The van der Waals surface area contributed by atoms with Crippen LogP contribution >= 0.6 is 0 Å². The van der Waals surface area contributed by atoms with Gasteiger partial charge in [-0.1, -0.05) is 0 Å². The molecule has 8 nitrogen and oxygen atoms in total. The van der Waals surface area contributed by atoms with E-state index in [1.54, 1.807) is 18.2 Å². The van der Waals surface area contributed by atoms with E-state index in [0.29, 0.717) is 11.9 Å². The third-order valence-electron chi connectivity index (χ3n) is 3.69. The lowest BCUT2D eigenvalue weighted by Gasteiger charge is -2.32. The van der Waals surface area contributed by atoms with E-state index in [1.807, 2.05) is 10.9 Å². The molecule has 0 bridgehead atoms. The zero-order valence-electron chi connectivity index (χ0n) is 11.5. The Labute approximate surface area is 121 Å². The maximum Gasteiger partial charge on any atom is 0.269 e. The fraction of sp³-hybridized carbons (Fsp3) is 0.385. The fourth-order valence-corrected chi connectivity index (χ4v) is 2.54. The molecule has 2 aromatic heterocycles. The summed E-state index contributed by atoms with van der Waals surface area (Å²) in [6.07, 6.45) is 3.83. The zero-order chi connectivity index (χ0) is 14.8. The van der Waals surface area contributed by atoms with Crippen LogP contribution in [0.3, 0.4) is 0 Å². The van der Waals surface area contributed by atoms with E-state index in [4.69, 9.17) is 11.5 Å². The minimum absolute atomic E-state index is 0.181. The number of nitrogens with zero attached hydrogens (tertiary/aromatic N) is 5. The lowest BCUT2D eigenvalue weighted by atomic mass is 10.1. The molecule has 1 aliphatic rings. The molecule has 21 heavy (non-hydrogen) atoms. The Balaban J connectivity index is 1.64. The molecule has 0 unspecified atom stereocenters. The molecule has 4 N–H and O–H groups in total. The molecule has 0 radical (unpaired) electrons. The predicted molar refractivity (Wildman–Crippen MR) is 77.7 cm³/mol. The molecule has 0 aliphatic carbocycles. The number of aromatic nitrogens is 4. The van der Waals surface area contributed by atoms with Gasteiger partial charge in [-0.3, -0.25) is 9.48 Å². The van der Waals surface area contributed by atoms with Gasteiger partial charge in [0.1, 0.15) is 5.82 Å². The molecule has 1 saturated heterocycles. The lowest BCUT2D eigenvalue weighted by molar-refractivity contribution is 0.0994. The van der Waals surface area contributed by atoms with Gasteiger partial charge in [-0.05, 0) is 31.0 Å². The van der Waals surface area contributed by atoms with E-state index in [9.17, 15) is 4.79 Å². The number of hydrogen-bond acceptors (Lipinski definition) is 6. The van der Waals surface area contributed by atoms with E-state index in [2.05, 4.69) is 20.2 Å². The van der Waals surface area contributed by atoms with Gasteiger partial charge >= 0.3 is 0 Å². The summed E-state index contributed by atoms with van der Waals surface area (Å²) in [7, 11) is 0. The van der Waals surface area contributed by atoms with Gasteiger partial charge in [0, 0.05) is 19.3 Å². The number of nitrogen functional groups attached to an aromatic ring is 1. The van der Waals surface area contributed by atoms with Gasteiger partial charge in [-0.15, -0.1) is 10.2 Å². The Morgan fingerprint density at radius 3 is 2.48 bits per heavy atom. The molecule has 3 rings (SSSR count). The number of amides is 1. The summed E-state index contributed by atoms with van der Waals surface area (Å²) in [6.45, 7) is 1.71. The van der Waals surface area contributed by atoms with Crippen molar-refractivity contribution in [2.75, 3.05) is 23.7 Å². The van der Waals surface area contributed by atoms with Crippen molar-refractivity contribution < 1.29 is 4.79 Å². The molecular formula is C13H17N7O. The second-order valence-electron chi connectivity index (χ2n) is 5.08. The van der Waals surface area contributed by atoms with E-state index >= 15 is 0 Å². The molecular weight excluding hydrogens is 270 g/mol. The van der Waals surface area contributed by atoms with Crippen molar-refractivity contribution >= 4 is 17.5 Å². The highest BCUT2D eigenvalue weighted by atomic mass is 16.1. The van der Waals surface area contributed by atoms with Gasteiger partial charge in [0.25, 0.3) is 5.91 Å². The van der Waals surface area contributed by atoms with Crippen LogP contribution in [0.5, 0.6) is 0 Å². The predicted octanol–water partition coefficient (Wildman–Crippen LogP) is 0.196. The van der Waals surface area contributed by atoms with E-state index in [-0.39, 0.29) is 5.69 Å². The molecule has 1 aliphatic heterocycles. The van der Waals surface area contributed by atoms with Crippen LogP contribution in [0.2, 0.25) is 0 Å². The summed E-state index contributed by atoms with van der Waals surface area (Å²) in [5.74, 6) is 0.743. The summed E-state index contributed by atoms with van der Waals surface area (Å²) >= 11 is 0. The number of primary amides is 1. The van der Waals surface area contributed by atoms with E-state index in [1.165, 1.54) is 0 Å². The Bertz CT molecular complexity index is 628. The average Bonchev–Trinajstić information content (AvgIpc) is 2.94. The zero-order valence-corrected chi connectivity index (χ0v) is 11.5. The van der Waals surface area contributed by atoms with Crippen LogP contribution in [-0.4, -0.2) is 39.0 Å². The van der Waals surface area contributed by atoms with Crippen molar-refractivity contribution in [3.05, 3.63) is 30.1 Å². The normalized spacial score (nSPS) is 16.1. The largest absolute Gasteiger partial charge is 0.382 e. The number of nitrogens with two attached hydrogens (primary N) is 2. The monoisotopic (exact) mass is 287 g/mol. The first-order valence-electron chi connectivity index (χ1n) is 6.82. The lowest BCUT2D eigenvalue weighted by Crippen LogP contribution is -2.35. The molecule has 3 heterocycles. The summed E-state index contributed by atoms with van der Waals surface area (Å²) in [5, 5.41) is 12.2. The summed E-state index contributed by atoms with van der Waals surface area (Å²) in [4.78, 5) is 13.1. The van der Waals surface area contributed by atoms with Crippen molar-refractivity contribution in [3.8, 4) is 0 Å². The second kappa shape index (κ2) is 5.39. The molecule has 1 fully saturated rings. The fourth-order valence-electron chi connectivity index (χ4n) is 2.54. The molecule has 2 aromatic rings. The number of piperidine rings is 1. The maximum absolute atomic E-state index is 11.0. The third kappa shape index (κ3) is 2.78. The van der Waals surface area contributed by atoms with Crippen LogP contribution in [0.25, 0.3) is 0 Å². The first kappa shape index (κ1) is 13.3. The second-order valence-corrected chi connectivity index (χ2v) is 5.08. The van der Waals surface area contributed by atoms with Crippen molar-refractivity contribution in [2.45, 2.75) is 18.9 Å². The number of hydrogen-bond donors (Lipinski definition) is 2. The average molecular weight is 287 g/mol. The van der Waals surface area contributed by atoms with Crippen LogP contribution in [0.1, 0.15) is 29.4 Å². The molecule has 1 amide bonds. The standard InChI is InChI=1S/C13H17N7O/c14-11-5-8-20(18-11)9-3-6-19(7-4-9)12-2-1-10(13(15)21)16-17-12/h1-2,5,8-9H,3-4,6-7H2,(H2,14,18)(H2,15,21). The van der Waals surface area contributed by atoms with Gasteiger partial charge in [0.2, 0.25) is 0 Å². The highest BCUT2D eigenvalue weighted by Crippen LogP contribution is 2.25. The Morgan fingerprint density at radius 2 is 1.95 bits per heavy atom. The molecule has 110 valence electrons.